The first kappa shape index (κ1) is 5.78. The second-order valence-corrected chi connectivity index (χ2v) is 3.65. The summed E-state index contributed by atoms with van der Waals surface area (Å²) in [5.41, 5.74) is -0.516. The molecule has 1 saturated carbocycles. The molecule has 0 aliphatic heterocycles. The van der Waals surface area contributed by atoms with Crippen molar-refractivity contribution in [2.75, 3.05) is 0 Å². The lowest BCUT2D eigenvalue weighted by Gasteiger charge is -1.98. The van der Waals surface area contributed by atoms with Crippen LogP contribution in [-0.4, -0.2) is 10.7 Å². The van der Waals surface area contributed by atoms with Gasteiger partial charge in [0.15, 0.2) is 0 Å². The molecule has 1 N–H and O–H groups in total. The molecule has 0 amide bonds. The van der Waals surface area contributed by atoms with Crippen molar-refractivity contribution in [1.29, 1.82) is 0 Å². The van der Waals surface area contributed by atoms with Gasteiger partial charge in [-0.05, 0) is 0 Å². The van der Waals surface area contributed by atoms with Gasteiger partial charge in [0.25, 0.3) is 0 Å². The van der Waals surface area contributed by atoms with E-state index >= 15 is 0 Å². The third kappa shape index (κ3) is 0.556. The van der Waals surface area contributed by atoms with E-state index in [1.54, 1.807) is 0 Å². The Kier molecular flexibility index (Phi) is 0.793. The molecule has 0 aromatic rings. The lowest BCUT2D eigenvalue weighted by molar-refractivity contribution is 0.182. The van der Waals surface area contributed by atoms with Crippen LogP contribution in [0.15, 0.2) is 36.5 Å². The number of rotatable bonds is 0. The maximum atomic E-state index is 9.93. The van der Waals surface area contributed by atoms with E-state index in [0.717, 1.165) is 0 Å². The maximum absolute atomic E-state index is 9.93. The number of allylic oxidation sites excluding steroid dienone is 3. The Morgan fingerprint density at radius 1 is 0.909 bits per heavy atom. The Labute approximate surface area is 65.7 Å². The van der Waals surface area contributed by atoms with Crippen LogP contribution < -0.4 is 0 Å². The summed E-state index contributed by atoms with van der Waals surface area (Å²) in [6, 6.07) is 0. The molecule has 0 heterocycles. The third-order valence-electron chi connectivity index (χ3n) is 3.01. The molecule has 2 unspecified atom stereocenters. The summed E-state index contributed by atoms with van der Waals surface area (Å²) in [5.74, 6) is 1.16. The normalized spacial score (nSPS) is 55.9. The van der Waals surface area contributed by atoms with Crippen LogP contribution in [0.25, 0.3) is 0 Å². The zero-order chi connectivity index (χ0) is 7.47. The highest BCUT2D eigenvalue weighted by Gasteiger charge is 2.60. The van der Waals surface area contributed by atoms with Crippen LogP contribution in [0.4, 0.5) is 0 Å². The standard InChI is InChI=1S/C10H10O/c11-10-6-5-7-1-3-8(10)9(10)4-2-7/h1-9,11H. The van der Waals surface area contributed by atoms with E-state index in [9.17, 15) is 5.11 Å². The van der Waals surface area contributed by atoms with Gasteiger partial charge in [-0.25, -0.2) is 0 Å². The fourth-order valence-electron chi connectivity index (χ4n) is 2.17. The van der Waals surface area contributed by atoms with Crippen molar-refractivity contribution in [3.05, 3.63) is 36.5 Å². The smallest absolute Gasteiger partial charge is 0.0966 e. The van der Waals surface area contributed by atoms with Gasteiger partial charge in [-0.3, -0.25) is 0 Å². The fraction of sp³-hybridized carbons (Fsp3) is 0.400. The van der Waals surface area contributed by atoms with Gasteiger partial charge in [-0.1, -0.05) is 36.5 Å². The highest BCUT2D eigenvalue weighted by atomic mass is 16.3. The largest absolute Gasteiger partial charge is 0.385 e. The Morgan fingerprint density at radius 2 is 1.55 bits per heavy atom. The second kappa shape index (κ2) is 1.51. The van der Waals surface area contributed by atoms with Gasteiger partial charge in [0.2, 0.25) is 0 Å². The predicted octanol–water partition coefficient (Wildman–Crippen LogP) is 1.28. The zero-order valence-corrected chi connectivity index (χ0v) is 6.14. The van der Waals surface area contributed by atoms with E-state index in [2.05, 4.69) is 30.4 Å². The lowest BCUT2D eigenvalue weighted by atomic mass is 10.1. The van der Waals surface area contributed by atoms with E-state index in [4.69, 9.17) is 0 Å². The number of hydrogen-bond donors (Lipinski definition) is 1. The summed E-state index contributed by atoms with van der Waals surface area (Å²) in [7, 11) is 0. The minimum atomic E-state index is -0.516. The molecule has 0 aromatic heterocycles. The van der Waals surface area contributed by atoms with Crippen molar-refractivity contribution >= 4 is 0 Å². The van der Waals surface area contributed by atoms with E-state index in [0.29, 0.717) is 17.8 Å². The van der Waals surface area contributed by atoms with Crippen molar-refractivity contribution in [1.82, 2.24) is 0 Å². The van der Waals surface area contributed by atoms with Gasteiger partial charge in [-0.2, -0.15) is 0 Å². The van der Waals surface area contributed by atoms with Gasteiger partial charge in [0.05, 0.1) is 5.60 Å². The molecule has 4 aliphatic carbocycles. The van der Waals surface area contributed by atoms with Crippen molar-refractivity contribution in [3.63, 3.8) is 0 Å². The van der Waals surface area contributed by atoms with Gasteiger partial charge in [0, 0.05) is 17.8 Å². The minimum Gasteiger partial charge on any atom is -0.385 e. The van der Waals surface area contributed by atoms with E-state index in [1.165, 1.54) is 0 Å². The lowest BCUT2D eigenvalue weighted by Crippen LogP contribution is -2.06. The van der Waals surface area contributed by atoms with Crippen LogP contribution in [0.5, 0.6) is 0 Å². The molecule has 56 valence electrons. The van der Waals surface area contributed by atoms with Crippen molar-refractivity contribution in [2.24, 2.45) is 17.8 Å². The molecule has 1 fully saturated rings. The van der Waals surface area contributed by atoms with E-state index in [-0.39, 0.29) is 0 Å². The van der Waals surface area contributed by atoms with Crippen LogP contribution in [0, 0.1) is 17.8 Å². The zero-order valence-electron chi connectivity index (χ0n) is 6.14. The minimum absolute atomic E-state index is 0.363. The highest BCUT2D eigenvalue weighted by Crippen LogP contribution is 2.56. The molecule has 0 spiro atoms. The van der Waals surface area contributed by atoms with Crippen molar-refractivity contribution in [2.45, 2.75) is 5.60 Å². The van der Waals surface area contributed by atoms with Gasteiger partial charge in [-0.15, -0.1) is 0 Å². The summed E-state index contributed by atoms with van der Waals surface area (Å²) < 4.78 is 0. The number of aliphatic hydroxyl groups is 1. The van der Waals surface area contributed by atoms with Crippen LogP contribution in [-0.2, 0) is 0 Å². The third-order valence-corrected chi connectivity index (χ3v) is 3.01. The predicted molar refractivity (Wildman–Crippen MR) is 42.8 cm³/mol. The highest BCUT2D eigenvalue weighted by molar-refractivity contribution is 5.40. The molecular formula is C10H10O. The molecule has 0 radical (unpaired) electrons. The van der Waals surface area contributed by atoms with Gasteiger partial charge in [0.1, 0.15) is 0 Å². The molecule has 4 aliphatic rings. The van der Waals surface area contributed by atoms with Crippen LogP contribution >= 0.6 is 0 Å². The monoisotopic (exact) mass is 146 g/mol. The maximum Gasteiger partial charge on any atom is 0.0966 e. The molecule has 1 nitrogen and oxygen atoms in total. The summed E-state index contributed by atoms with van der Waals surface area (Å²) in [6.45, 7) is 0. The summed E-state index contributed by atoms with van der Waals surface area (Å²) in [4.78, 5) is 0. The molecule has 0 aromatic carbocycles. The second-order valence-electron chi connectivity index (χ2n) is 3.65. The Morgan fingerprint density at radius 3 is 2.18 bits per heavy atom. The average molecular weight is 146 g/mol. The molecule has 1 heteroatoms. The molecule has 2 atom stereocenters. The Hall–Kier alpha value is -0.820. The van der Waals surface area contributed by atoms with E-state index in [1.807, 2.05) is 6.08 Å². The SMILES string of the molecule is OC12C=CC3C=CC1C2C=C3. The quantitative estimate of drug-likeness (QED) is 0.510. The number of hydrogen-bond acceptors (Lipinski definition) is 1. The topological polar surface area (TPSA) is 20.2 Å². The average Bonchev–Trinajstić information content (AvgIpc) is 2.63. The van der Waals surface area contributed by atoms with Crippen molar-refractivity contribution < 1.29 is 5.11 Å². The first-order chi connectivity index (χ1) is 5.31. The van der Waals surface area contributed by atoms with Gasteiger partial charge >= 0.3 is 0 Å². The van der Waals surface area contributed by atoms with Crippen LogP contribution in [0.3, 0.4) is 0 Å². The van der Waals surface area contributed by atoms with Gasteiger partial charge < -0.3 is 5.11 Å². The van der Waals surface area contributed by atoms with Crippen molar-refractivity contribution in [3.8, 4) is 0 Å². The Bertz CT molecular complexity index is 265. The summed E-state index contributed by atoms with van der Waals surface area (Å²) in [6.07, 6.45) is 12.7. The first-order valence-electron chi connectivity index (χ1n) is 4.09. The van der Waals surface area contributed by atoms with Crippen LogP contribution in [0.2, 0.25) is 0 Å². The molecule has 11 heavy (non-hydrogen) atoms. The fourth-order valence-corrected chi connectivity index (χ4v) is 2.17. The Balaban J connectivity index is 2.20. The summed E-state index contributed by atoms with van der Waals surface area (Å²) in [5, 5.41) is 9.93. The molecule has 4 bridgehead atoms. The molecule has 4 rings (SSSR count). The molecular weight excluding hydrogens is 136 g/mol. The summed E-state index contributed by atoms with van der Waals surface area (Å²) >= 11 is 0. The first-order valence-corrected chi connectivity index (χ1v) is 4.09. The molecule has 0 saturated heterocycles. The van der Waals surface area contributed by atoms with E-state index < -0.39 is 5.60 Å². The van der Waals surface area contributed by atoms with Crippen LogP contribution in [0.1, 0.15) is 0 Å².